The van der Waals surface area contributed by atoms with E-state index in [1.807, 2.05) is 42.6 Å². The SMILES string of the molecule is CCOc1ccc2nc(N3C(=O)C(=O)/C(=C(/O)c4nc5c(C)cccn5c4C)C3c3cc(Br)c(O)c(OC)c3)sc2c1. The molecule has 12 heteroatoms. The van der Waals surface area contributed by atoms with Crippen molar-refractivity contribution in [2.45, 2.75) is 26.8 Å². The van der Waals surface area contributed by atoms with Crippen LogP contribution < -0.4 is 14.4 Å². The molecule has 2 aromatic carbocycles. The van der Waals surface area contributed by atoms with Crippen molar-refractivity contribution in [3.63, 3.8) is 0 Å². The number of amides is 1. The van der Waals surface area contributed by atoms with Crippen LogP contribution in [0.2, 0.25) is 0 Å². The Hall–Kier alpha value is -4.42. The minimum absolute atomic E-state index is 0.121. The highest BCUT2D eigenvalue weighted by atomic mass is 79.9. The summed E-state index contributed by atoms with van der Waals surface area (Å²) in [6.07, 6.45) is 1.82. The number of halogens is 1. The summed E-state index contributed by atoms with van der Waals surface area (Å²) in [7, 11) is 1.40. The molecule has 0 aliphatic carbocycles. The quantitative estimate of drug-likeness (QED) is 0.129. The molecule has 1 amide bonds. The van der Waals surface area contributed by atoms with Crippen LogP contribution in [0.1, 0.15) is 35.5 Å². The third-order valence-electron chi connectivity index (χ3n) is 7.20. The number of carbonyl (C=O) groups is 2. The molecule has 0 bridgehead atoms. The summed E-state index contributed by atoms with van der Waals surface area (Å²) >= 11 is 4.57. The summed E-state index contributed by atoms with van der Waals surface area (Å²) in [6.45, 7) is 6.06. The molecule has 1 aliphatic rings. The maximum atomic E-state index is 13.8. The van der Waals surface area contributed by atoms with Crippen molar-refractivity contribution in [1.82, 2.24) is 14.4 Å². The predicted molar refractivity (Wildman–Crippen MR) is 163 cm³/mol. The van der Waals surface area contributed by atoms with Crippen molar-refractivity contribution < 1.29 is 29.3 Å². The standard InChI is InChI=1S/C30H25BrN4O6S/c1-5-41-17-8-9-19-21(13-17)42-30(32-19)35-24(16-11-18(31)25(36)20(12-16)40-4)22(27(38)29(35)39)26(37)23-15(3)34-10-6-7-14(2)28(34)33-23/h6-13,24,36-37H,5H2,1-4H3/b26-22+. The number of ketones is 1. The number of rotatable bonds is 6. The van der Waals surface area contributed by atoms with Gasteiger partial charge in [-0.2, -0.15) is 0 Å². The molecular formula is C30H25BrN4O6S. The van der Waals surface area contributed by atoms with Gasteiger partial charge in [0.15, 0.2) is 22.4 Å². The Labute approximate surface area is 252 Å². The Morgan fingerprint density at radius 2 is 1.93 bits per heavy atom. The lowest BCUT2D eigenvalue weighted by Crippen LogP contribution is -2.29. The number of anilines is 1. The molecule has 6 rings (SSSR count). The number of hydrogen-bond acceptors (Lipinski definition) is 9. The van der Waals surface area contributed by atoms with Crippen LogP contribution in [0.15, 0.2) is 58.7 Å². The van der Waals surface area contributed by atoms with Crippen LogP contribution in [-0.2, 0) is 9.59 Å². The first-order valence-electron chi connectivity index (χ1n) is 13.0. The van der Waals surface area contributed by atoms with Gasteiger partial charge in [0.25, 0.3) is 5.78 Å². The first-order chi connectivity index (χ1) is 20.1. The molecule has 0 saturated carbocycles. The van der Waals surface area contributed by atoms with E-state index in [0.717, 1.165) is 10.3 Å². The first-order valence-corrected chi connectivity index (χ1v) is 14.6. The zero-order valence-electron chi connectivity index (χ0n) is 23.0. The van der Waals surface area contributed by atoms with E-state index in [1.165, 1.54) is 29.4 Å². The number of benzene rings is 2. The number of aliphatic hydroxyl groups excluding tert-OH is 1. The number of ether oxygens (including phenoxy) is 2. The second-order valence-electron chi connectivity index (χ2n) is 9.71. The monoisotopic (exact) mass is 648 g/mol. The number of phenols is 1. The molecule has 1 fully saturated rings. The third kappa shape index (κ3) is 4.29. The number of methoxy groups -OCH3 is 1. The summed E-state index contributed by atoms with van der Waals surface area (Å²) < 4.78 is 13.8. The van der Waals surface area contributed by atoms with Gasteiger partial charge in [-0.3, -0.25) is 14.5 Å². The number of thiazole rings is 1. The Balaban J connectivity index is 1.60. The zero-order valence-corrected chi connectivity index (χ0v) is 25.4. The number of carbonyl (C=O) groups excluding carboxylic acids is 2. The Bertz CT molecular complexity index is 1960. The maximum absolute atomic E-state index is 13.8. The topological polar surface area (TPSA) is 126 Å². The average molecular weight is 650 g/mol. The lowest BCUT2D eigenvalue weighted by Gasteiger charge is -2.23. The number of aromatic nitrogens is 3. The molecule has 1 aliphatic heterocycles. The molecule has 2 N–H and O–H groups in total. The lowest BCUT2D eigenvalue weighted by atomic mass is 9.96. The van der Waals surface area contributed by atoms with Crippen molar-refractivity contribution >= 4 is 65.7 Å². The van der Waals surface area contributed by atoms with E-state index in [4.69, 9.17) is 9.47 Å². The minimum Gasteiger partial charge on any atom is -0.505 e. The maximum Gasteiger partial charge on any atom is 0.301 e. The minimum atomic E-state index is -1.10. The van der Waals surface area contributed by atoms with Gasteiger partial charge in [-0.1, -0.05) is 17.4 Å². The summed E-state index contributed by atoms with van der Waals surface area (Å²) in [6, 6.07) is 11.2. The van der Waals surface area contributed by atoms with Gasteiger partial charge < -0.3 is 24.1 Å². The molecule has 214 valence electrons. The van der Waals surface area contributed by atoms with E-state index in [2.05, 4.69) is 25.9 Å². The smallest absolute Gasteiger partial charge is 0.301 e. The molecule has 42 heavy (non-hydrogen) atoms. The van der Waals surface area contributed by atoms with Crippen LogP contribution in [0.5, 0.6) is 17.2 Å². The Morgan fingerprint density at radius 3 is 2.64 bits per heavy atom. The zero-order chi connectivity index (χ0) is 29.9. The van der Waals surface area contributed by atoms with Crippen LogP contribution in [0.3, 0.4) is 0 Å². The highest BCUT2D eigenvalue weighted by Gasteiger charge is 2.49. The molecule has 1 unspecified atom stereocenters. The highest BCUT2D eigenvalue weighted by Crippen LogP contribution is 2.47. The molecule has 5 aromatic rings. The van der Waals surface area contributed by atoms with E-state index in [1.54, 1.807) is 25.1 Å². The number of nitrogens with zero attached hydrogens (tertiary/aromatic N) is 4. The van der Waals surface area contributed by atoms with Gasteiger partial charge in [-0.15, -0.1) is 0 Å². The molecule has 4 heterocycles. The summed E-state index contributed by atoms with van der Waals surface area (Å²) in [5, 5.41) is 22.5. The number of imidazole rings is 1. The molecule has 0 spiro atoms. The fourth-order valence-corrected chi connectivity index (χ4v) is 6.66. The van der Waals surface area contributed by atoms with Gasteiger partial charge in [0, 0.05) is 6.20 Å². The van der Waals surface area contributed by atoms with Crippen LogP contribution in [0, 0.1) is 13.8 Å². The van der Waals surface area contributed by atoms with E-state index >= 15 is 0 Å². The van der Waals surface area contributed by atoms with Crippen LogP contribution in [-0.4, -0.2) is 50.0 Å². The number of pyridine rings is 1. The number of phenolic OH excluding ortho intramolecular Hbond substituents is 1. The van der Waals surface area contributed by atoms with Gasteiger partial charge in [0.2, 0.25) is 0 Å². The third-order valence-corrected chi connectivity index (χ3v) is 8.83. The second kappa shape index (κ2) is 10.4. The van der Waals surface area contributed by atoms with Crippen molar-refractivity contribution in [2.75, 3.05) is 18.6 Å². The number of Topliss-reactive ketones (excluding diaryl/α,β-unsaturated/α-hetero) is 1. The Morgan fingerprint density at radius 1 is 1.14 bits per heavy atom. The largest absolute Gasteiger partial charge is 0.505 e. The molecule has 10 nitrogen and oxygen atoms in total. The van der Waals surface area contributed by atoms with E-state index in [-0.39, 0.29) is 32.4 Å². The molecule has 1 saturated heterocycles. The van der Waals surface area contributed by atoms with E-state index in [0.29, 0.717) is 34.8 Å². The normalized spacial score (nSPS) is 16.6. The Kier molecular flexibility index (Phi) is 6.90. The molecular weight excluding hydrogens is 624 g/mol. The van der Waals surface area contributed by atoms with Crippen LogP contribution in [0.25, 0.3) is 21.6 Å². The van der Waals surface area contributed by atoms with Crippen molar-refractivity contribution in [1.29, 1.82) is 0 Å². The highest BCUT2D eigenvalue weighted by molar-refractivity contribution is 9.10. The van der Waals surface area contributed by atoms with E-state index < -0.39 is 23.5 Å². The fourth-order valence-electron chi connectivity index (χ4n) is 5.18. The summed E-state index contributed by atoms with van der Waals surface area (Å²) in [5.41, 5.74) is 3.15. The van der Waals surface area contributed by atoms with Crippen LogP contribution in [0.4, 0.5) is 5.13 Å². The van der Waals surface area contributed by atoms with Crippen molar-refractivity contribution in [3.05, 3.63) is 81.2 Å². The van der Waals surface area contributed by atoms with Crippen molar-refractivity contribution in [3.8, 4) is 17.2 Å². The number of aromatic hydroxyl groups is 1. The summed E-state index contributed by atoms with van der Waals surface area (Å²) in [5.74, 6) is -1.52. The second-order valence-corrected chi connectivity index (χ2v) is 11.6. The molecule has 0 radical (unpaired) electrons. The number of aliphatic hydroxyl groups is 1. The number of fused-ring (bicyclic) bond motifs is 2. The van der Waals surface area contributed by atoms with Gasteiger partial charge >= 0.3 is 5.91 Å². The van der Waals surface area contributed by atoms with Gasteiger partial charge in [-0.05, 0) is 84.2 Å². The van der Waals surface area contributed by atoms with Gasteiger partial charge in [0.1, 0.15) is 17.1 Å². The first kappa shape index (κ1) is 27.7. The van der Waals surface area contributed by atoms with Gasteiger partial charge in [-0.25, -0.2) is 9.97 Å². The predicted octanol–water partition coefficient (Wildman–Crippen LogP) is 6.06. The molecule has 1 atom stereocenters. The van der Waals surface area contributed by atoms with Crippen molar-refractivity contribution in [2.24, 2.45) is 0 Å². The average Bonchev–Trinajstić information content (AvgIpc) is 3.62. The van der Waals surface area contributed by atoms with Crippen LogP contribution >= 0.6 is 27.3 Å². The summed E-state index contributed by atoms with van der Waals surface area (Å²) in [4.78, 5) is 38.1. The fraction of sp³-hybridized carbons (Fsp3) is 0.200. The number of aryl methyl sites for hydroxylation is 2. The van der Waals surface area contributed by atoms with E-state index in [9.17, 15) is 19.8 Å². The lowest BCUT2D eigenvalue weighted by molar-refractivity contribution is -0.132. The molecule has 3 aromatic heterocycles. The van der Waals surface area contributed by atoms with Gasteiger partial charge in [0.05, 0.1) is 45.7 Å². The number of hydrogen-bond donors (Lipinski definition) is 2.